The summed E-state index contributed by atoms with van der Waals surface area (Å²) in [4.78, 5) is 0. The number of nitrogens with one attached hydrogen (secondary N) is 1. The first-order chi connectivity index (χ1) is 8.69. The molecule has 2 aromatic carbocycles. The Bertz CT molecular complexity index is 600. The van der Waals surface area contributed by atoms with Crippen LogP contribution in [0.3, 0.4) is 0 Å². The number of rotatable bonds is 3. The Labute approximate surface area is 106 Å². The second-order valence-corrected chi connectivity index (χ2v) is 4.13. The van der Waals surface area contributed by atoms with Crippen molar-refractivity contribution in [2.24, 2.45) is 0 Å². The Hall–Kier alpha value is -2.34. The predicted molar refractivity (Wildman–Crippen MR) is 69.6 cm³/mol. The fourth-order valence-electron chi connectivity index (χ4n) is 1.71. The lowest BCUT2D eigenvalue weighted by molar-refractivity contribution is 0.618. The van der Waals surface area contributed by atoms with Gasteiger partial charge in [-0.1, -0.05) is 12.1 Å². The van der Waals surface area contributed by atoms with Gasteiger partial charge in [0.25, 0.3) is 0 Å². The van der Waals surface area contributed by atoms with E-state index in [-0.39, 0.29) is 5.82 Å². The van der Waals surface area contributed by atoms with Crippen molar-refractivity contribution < 1.29 is 4.39 Å². The molecule has 0 aromatic heterocycles. The van der Waals surface area contributed by atoms with Crippen LogP contribution < -0.4 is 5.32 Å². The van der Waals surface area contributed by atoms with Gasteiger partial charge in [-0.25, -0.2) is 4.39 Å². The van der Waals surface area contributed by atoms with Gasteiger partial charge in [-0.15, -0.1) is 0 Å². The van der Waals surface area contributed by atoms with Crippen molar-refractivity contribution in [3.63, 3.8) is 0 Å². The topological polar surface area (TPSA) is 35.8 Å². The van der Waals surface area contributed by atoms with Crippen molar-refractivity contribution in [2.45, 2.75) is 13.5 Å². The number of benzene rings is 2. The molecule has 0 atom stereocenters. The monoisotopic (exact) mass is 240 g/mol. The normalized spacial score (nSPS) is 9.83. The largest absolute Gasteiger partial charge is 0.381 e. The third-order valence-electron chi connectivity index (χ3n) is 2.71. The molecule has 2 rings (SSSR count). The number of hydrogen-bond donors (Lipinski definition) is 1. The lowest BCUT2D eigenvalue weighted by Crippen LogP contribution is -2.00. The SMILES string of the molecule is Cc1cc(NCc2cccc(C#N)c2)ccc1F. The molecule has 0 unspecified atom stereocenters. The second kappa shape index (κ2) is 5.33. The zero-order chi connectivity index (χ0) is 13.0. The number of hydrogen-bond acceptors (Lipinski definition) is 2. The molecule has 2 nitrogen and oxygen atoms in total. The van der Waals surface area contributed by atoms with Crippen molar-refractivity contribution in [3.8, 4) is 6.07 Å². The molecule has 0 bridgehead atoms. The molecule has 0 saturated heterocycles. The molecule has 0 amide bonds. The summed E-state index contributed by atoms with van der Waals surface area (Å²) in [5, 5.41) is 12.0. The molecular weight excluding hydrogens is 227 g/mol. The van der Waals surface area contributed by atoms with E-state index >= 15 is 0 Å². The summed E-state index contributed by atoms with van der Waals surface area (Å²) in [6.07, 6.45) is 0. The van der Waals surface area contributed by atoms with E-state index in [0.717, 1.165) is 11.3 Å². The quantitative estimate of drug-likeness (QED) is 0.889. The van der Waals surface area contributed by atoms with Crippen LogP contribution in [0.15, 0.2) is 42.5 Å². The Morgan fingerprint density at radius 1 is 1.22 bits per heavy atom. The molecule has 0 aliphatic carbocycles. The summed E-state index contributed by atoms with van der Waals surface area (Å²) in [6.45, 7) is 2.34. The van der Waals surface area contributed by atoms with E-state index < -0.39 is 0 Å². The molecule has 18 heavy (non-hydrogen) atoms. The van der Waals surface area contributed by atoms with Gasteiger partial charge in [-0.3, -0.25) is 0 Å². The first-order valence-electron chi connectivity index (χ1n) is 5.68. The Morgan fingerprint density at radius 2 is 2.06 bits per heavy atom. The minimum Gasteiger partial charge on any atom is -0.381 e. The molecule has 0 fully saturated rings. The molecular formula is C15H13FN2. The van der Waals surface area contributed by atoms with Crippen LogP contribution in [0.4, 0.5) is 10.1 Å². The summed E-state index contributed by atoms with van der Waals surface area (Å²) < 4.78 is 13.1. The van der Waals surface area contributed by atoms with E-state index in [1.54, 1.807) is 25.1 Å². The number of anilines is 1. The Balaban J connectivity index is 2.07. The van der Waals surface area contributed by atoms with Gasteiger partial charge in [0.1, 0.15) is 5.82 Å². The highest BCUT2D eigenvalue weighted by Crippen LogP contribution is 2.15. The maximum absolute atomic E-state index is 13.1. The number of aryl methyl sites for hydroxylation is 1. The molecule has 0 aliphatic heterocycles. The first kappa shape index (κ1) is 12.1. The van der Waals surface area contributed by atoms with Crippen LogP contribution in [0, 0.1) is 24.1 Å². The fraction of sp³-hybridized carbons (Fsp3) is 0.133. The molecule has 3 heteroatoms. The van der Waals surface area contributed by atoms with Crippen molar-refractivity contribution >= 4 is 5.69 Å². The minimum atomic E-state index is -0.202. The zero-order valence-corrected chi connectivity index (χ0v) is 10.1. The van der Waals surface area contributed by atoms with Crippen LogP contribution in [0.2, 0.25) is 0 Å². The van der Waals surface area contributed by atoms with E-state index in [4.69, 9.17) is 5.26 Å². The minimum absolute atomic E-state index is 0.202. The average molecular weight is 240 g/mol. The van der Waals surface area contributed by atoms with Crippen LogP contribution in [0.5, 0.6) is 0 Å². The van der Waals surface area contributed by atoms with E-state index in [0.29, 0.717) is 17.7 Å². The van der Waals surface area contributed by atoms with Gasteiger partial charge in [-0.05, 0) is 48.4 Å². The molecule has 0 heterocycles. The van der Waals surface area contributed by atoms with Crippen LogP contribution >= 0.6 is 0 Å². The average Bonchev–Trinajstić information content (AvgIpc) is 2.40. The van der Waals surface area contributed by atoms with Gasteiger partial charge in [0.2, 0.25) is 0 Å². The third kappa shape index (κ3) is 2.86. The lowest BCUT2D eigenvalue weighted by atomic mass is 10.1. The van der Waals surface area contributed by atoms with Crippen molar-refractivity contribution in [2.75, 3.05) is 5.32 Å². The summed E-state index contributed by atoms with van der Waals surface area (Å²) in [5.74, 6) is -0.202. The Kier molecular flexibility index (Phi) is 3.59. The molecule has 0 spiro atoms. The van der Waals surface area contributed by atoms with Gasteiger partial charge < -0.3 is 5.32 Å². The summed E-state index contributed by atoms with van der Waals surface area (Å²) in [7, 11) is 0. The summed E-state index contributed by atoms with van der Waals surface area (Å²) in [6, 6.07) is 14.4. The molecule has 90 valence electrons. The molecule has 1 N–H and O–H groups in total. The van der Waals surface area contributed by atoms with Gasteiger partial charge in [0, 0.05) is 12.2 Å². The zero-order valence-electron chi connectivity index (χ0n) is 10.1. The smallest absolute Gasteiger partial charge is 0.126 e. The van der Waals surface area contributed by atoms with Crippen LogP contribution in [-0.4, -0.2) is 0 Å². The second-order valence-electron chi connectivity index (χ2n) is 4.13. The molecule has 0 aliphatic rings. The summed E-state index contributed by atoms with van der Waals surface area (Å²) >= 11 is 0. The van der Waals surface area contributed by atoms with E-state index in [1.165, 1.54) is 6.07 Å². The van der Waals surface area contributed by atoms with E-state index in [9.17, 15) is 4.39 Å². The van der Waals surface area contributed by atoms with Crippen molar-refractivity contribution in [3.05, 3.63) is 65.0 Å². The number of nitriles is 1. The van der Waals surface area contributed by atoms with E-state index in [2.05, 4.69) is 11.4 Å². The molecule has 0 radical (unpaired) electrons. The highest BCUT2D eigenvalue weighted by molar-refractivity contribution is 5.46. The van der Waals surface area contributed by atoms with Gasteiger partial charge >= 0.3 is 0 Å². The van der Waals surface area contributed by atoms with Crippen molar-refractivity contribution in [1.29, 1.82) is 5.26 Å². The predicted octanol–water partition coefficient (Wildman–Crippen LogP) is 3.62. The molecule has 2 aromatic rings. The highest BCUT2D eigenvalue weighted by Gasteiger charge is 1.99. The highest BCUT2D eigenvalue weighted by atomic mass is 19.1. The van der Waals surface area contributed by atoms with Gasteiger partial charge in [0.05, 0.1) is 11.6 Å². The first-order valence-corrected chi connectivity index (χ1v) is 5.68. The molecule has 0 saturated carbocycles. The van der Waals surface area contributed by atoms with Gasteiger partial charge in [-0.2, -0.15) is 5.26 Å². The van der Waals surface area contributed by atoms with Crippen molar-refractivity contribution in [1.82, 2.24) is 0 Å². The lowest BCUT2D eigenvalue weighted by Gasteiger charge is -2.08. The fourth-order valence-corrected chi connectivity index (χ4v) is 1.71. The van der Waals surface area contributed by atoms with E-state index in [1.807, 2.05) is 18.2 Å². The number of nitrogens with zero attached hydrogens (tertiary/aromatic N) is 1. The van der Waals surface area contributed by atoms with Crippen LogP contribution in [0.1, 0.15) is 16.7 Å². The maximum Gasteiger partial charge on any atom is 0.126 e. The maximum atomic E-state index is 13.1. The summed E-state index contributed by atoms with van der Waals surface area (Å²) in [5.41, 5.74) is 3.16. The van der Waals surface area contributed by atoms with Gasteiger partial charge in [0.15, 0.2) is 0 Å². The number of halogens is 1. The third-order valence-corrected chi connectivity index (χ3v) is 2.71. The Morgan fingerprint density at radius 3 is 2.78 bits per heavy atom. The van der Waals surface area contributed by atoms with Crippen LogP contribution in [-0.2, 0) is 6.54 Å². The van der Waals surface area contributed by atoms with Crippen LogP contribution in [0.25, 0.3) is 0 Å². The standard InChI is InChI=1S/C15H13FN2/c1-11-7-14(5-6-15(11)16)18-10-13-4-2-3-12(8-13)9-17/h2-8,18H,10H2,1H3.